The number of methoxy groups -OCH3 is 1. The third-order valence-corrected chi connectivity index (χ3v) is 4.14. The summed E-state index contributed by atoms with van der Waals surface area (Å²) in [6, 6.07) is 9.86. The van der Waals surface area contributed by atoms with Crippen molar-refractivity contribution >= 4 is 6.09 Å². The van der Waals surface area contributed by atoms with Crippen LogP contribution >= 0.6 is 0 Å². The topological polar surface area (TPSA) is 73.6 Å². The lowest BCUT2D eigenvalue weighted by Gasteiger charge is -2.38. The second-order valence-corrected chi connectivity index (χ2v) is 5.64. The Labute approximate surface area is 125 Å². The minimum absolute atomic E-state index is 0.248. The van der Waals surface area contributed by atoms with Crippen molar-refractivity contribution in [2.24, 2.45) is 5.73 Å². The first-order valence-electron chi connectivity index (χ1n) is 7.39. The van der Waals surface area contributed by atoms with E-state index in [-0.39, 0.29) is 18.2 Å². The highest BCUT2D eigenvalue weighted by Gasteiger charge is 2.34. The van der Waals surface area contributed by atoms with Crippen molar-refractivity contribution in [2.75, 3.05) is 13.7 Å². The second-order valence-electron chi connectivity index (χ2n) is 5.64. The summed E-state index contributed by atoms with van der Waals surface area (Å²) < 4.78 is 10.8. The summed E-state index contributed by atoms with van der Waals surface area (Å²) in [6.45, 7) is 0.737. The van der Waals surface area contributed by atoms with Gasteiger partial charge in [0.15, 0.2) is 0 Å². The average molecular weight is 292 g/mol. The van der Waals surface area contributed by atoms with Crippen molar-refractivity contribution in [1.82, 2.24) is 5.32 Å². The Bertz CT molecular complexity index is 442. The van der Waals surface area contributed by atoms with E-state index in [2.05, 4.69) is 5.32 Å². The molecule has 0 spiro atoms. The van der Waals surface area contributed by atoms with E-state index in [1.807, 2.05) is 30.3 Å². The molecule has 1 aliphatic carbocycles. The van der Waals surface area contributed by atoms with Gasteiger partial charge in [0.1, 0.15) is 6.61 Å². The Balaban J connectivity index is 1.75. The number of hydrogen-bond acceptors (Lipinski definition) is 4. The van der Waals surface area contributed by atoms with Crippen LogP contribution in [0, 0.1) is 0 Å². The Hall–Kier alpha value is -1.59. The third kappa shape index (κ3) is 4.72. The number of amides is 1. The summed E-state index contributed by atoms with van der Waals surface area (Å²) in [7, 11) is 1.69. The predicted octanol–water partition coefficient (Wildman–Crippen LogP) is 2.20. The maximum atomic E-state index is 11.8. The first-order valence-corrected chi connectivity index (χ1v) is 7.39. The van der Waals surface area contributed by atoms with Crippen LogP contribution in [0.15, 0.2) is 30.3 Å². The van der Waals surface area contributed by atoms with Gasteiger partial charge in [-0.2, -0.15) is 0 Å². The Kier molecular flexibility index (Phi) is 5.59. The van der Waals surface area contributed by atoms with E-state index in [1.54, 1.807) is 7.11 Å². The SMILES string of the molecule is CO[C@]1(CNC(=O)OCc2ccccc2)CC[C@H](N)CC1. The predicted molar refractivity (Wildman–Crippen MR) is 80.8 cm³/mol. The van der Waals surface area contributed by atoms with Gasteiger partial charge >= 0.3 is 6.09 Å². The number of ether oxygens (including phenoxy) is 2. The van der Waals surface area contributed by atoms with Crippen LogP contribution in [0.4, 0.5) is 4.79 Å². The first kappa shape index (κ1) is 15.8. The molecule has 0 atom stereocenters. The third-order valence-electron chi connectivity index (χ3n) is 4.14. The highest BCUT2D eigenvalue weighted by Crippen LogP contribution is 2.30. The summed E-state index contributed by atoms with van der Waals surface area (Å²) in [4.78, 5) is 11.8. The van der Waals surface area contributed by atoms with Crippen LogP contribution < -0.4 is 11.1 Å². The molecule has 1 aliphatic rings. The largest absolute Gasteiger partial charge is 0.445 e. The zero-order chi connectivity index (χ0) is 15.1. The van der Waals surface area contributed by atoms with E-state index < -0.39 is 6.09 Å². The molecule has 1 aromatic rings. The molecule has 1 saturated carbocycles. The number of rotatable bonds is 5. The molecule has 1 fully saturated rings. The molecule has 21 heavy (non-hydrogen) atoms. The van der Waals surface area contributed by atoms with Crippen LogP contribution in [-0.4, -0.2) is 31.4 Å². The molecule has 0 bridgehead atoms. The minimum atomic E-state index is -0.412. The molecule has 0 aromatic heterocycles. The fourth-order valence-electron chi connectivity index (χ4n) is 2.63. The first-order chi connectivity index (χ1) is 10.1. The lowest BCUT2D eigenvalue weighted by atomic mass is 9.82. The molecular formula is C16H24N2O3. The van der Waals surface area contributed by atoms with E-state index in [9.17, 15) is 4.79 Å². The van der Waals surface area contributed by atoms with Crippen LogP contribution in [-0.2, 0) is 16.1 Å². The molecule has 5 heteroatoms. The van der Waals surface area contributed by atoms with E-state index in [0.29, 0.717) is 6.54 Å². The van der Waals surface area contributed by atoms with Gasteiger partial charge in [-0.25, -0.2) is 4.79 Å². The summed E-state index contributed by atoms with van der Waals surface area (Å²) in [6.07, 6.45) is 3.17. The highest BCUT2D eigenvalue weighted by atomic mass is 16.5. The maximum absolute atomic E-state index is 11.8. The molecule has 0 heterocycles. The molecule has 1 aromatic carbocycles. The molecule has 5 nitrogen and oxygen atoms in total. The quantitative estimate of drug-likeness (QED) is 0.872. The van der Waals surface area contributed by atoms with Crippen molar-refractivity contribution in [3.8, 4) is 0 Å². The Morgan fingerprint density at radius 1 is 1.33 bits per heavy atom. The average Bonchev–Trinajstić information content (AvgIpc) is 2.54. The molecule has 0 unspecified atom stereocenters. The van der Waals surface area contributed by atoms with Gasteiger partial charge in [0.05, 0.1) is 5.60 Å². The van der Waals surface area contributed by atoms with Gasteiger partial charge in [0, 0.05) is 19.7 Å². The van der Waals surface area contributed by atoms with Crippen molar-refractivity contribution in [3.63, 3.8) is 0 Å². The van der Waals surface area contributed by atoms with Gasteiger partial charge < -0.3 is 20.5 Å². The van der Waals surface area contributed by atoms with Crippen LogP contribution in [0.2, 0.25) is 0 Å². The van der Waals surface area contributed by atoms with Gasteiger partial charge in [0.25, 0.3) is 0 Å². The number of nitrogens with two attached hydrogens (primary N) is 1. The van der Waals surface area contributed by atoms with Crippen molar-refractivity contribution in [3.05, 3.63) is 35.9 Å². The van der Waals surface area contributed by atoms with Crippen LogP contribution in [0.25, 0.3) is 0 Å². The fourth-order valence-corrected chi connectivity index (χ4v) is 2.63. The van der Waals surface area contributed by atoms with Gasteiger partial charge in [-0.15, -0.1) is 0 Å². The van der Waals surface area contributed by atoms with E-state index in [0.717, 1.165) is 31.2 Å². The van der Waals surface area contributed by atoms with Gasteiger partial charge in [-0.3, -0.25) is 0 Å². The zero-order valence-electron chi connectivity index (χ0n) is 12.5. The Morgan fingerprint density at radius 2 is 2.00 bits per heavy atom. The van der Waals surface area contributed by atoms with Crippen molar-refractivity contribution in [2.45, 2.75) is 43.9 Å². The molecule has 116 valence electrons. The number of carbonyl (C=O) groups excluding carboxylic acids is 1. The number of carbonyl (C=O) groups is 1. The molecule has 3 N–H and O–H groups in total. The van der Waals surface area contributed by atoms with Crippen LogP contribution in [0.3, 0.4) is 0 Å². The van der Waals surface area contributed by atoms with Gasteiger partial charge in [-0.05, 0) is 31.2 Å². The normalized spacial score (nSPS) is 25.3. The minimum Gasteiger partial charge on any atom is -0.445 e. The molecule has 0 saturated heterocycles. The maximum Gasteiger partial charge on any atom is 0.407 e. The van der Waals surface area contributed by atoms with Gasteiger partial charge in [-0.1, -0.05) is 30.3 Å². The standard InChI is InChI=1S/C16H24N2O3/c1-20-16(9-7-14(17)8-10-16)12-18-15(19)21-11-13-5-3-2-4-6-13/h2-6,14H,7-12,17H2,1H3,(H,18,19)/t14-,16+. The number of alkyl carbamates (subject to hydrolysis) is 1. The van der Waals surface area contributed by atoms with Crippen LogP contribution in [0.5, 0.6) is 0 Å². The summed E-state index contributed by atoms with van der Waals surface area (Å²) in [5.41, 5.74) is 6.58. The van der Waals surface area contributed by atoms with E-state index in [4.69, 9.17) is 15.2 Å². The van der Waals surface area contributed by atoms with E-state index in [1.165, 1.54) is 0 Å². The number of hydrogen-bond donors (Lipinski definition) is 2. The molecule has 0 aliphatic heterocycles. The summed E-state index contributed by atoms with van der Waals surface area (Å²) in [5.74, 6) is 0. The van der Waals surface area contributed by atoms with E-state index >= 15 is 0 Å². The fraction of sp³-hybridized carbons (Fsp3) is 0.562. The van der Waals surface area contributed by atoms with Crippen molar-refractivity contribution < 1.29 is 14.3 Å². The molecule has 0 radical (unpaired) electrons. The summed E-state index contributed by atoms with van der Waals surface area (Å²) >= 11 is 0. The number of benzene rings is 1. The lowest BCUT2D eigenvalue weighted by Crippen LogP contribution is -2.48. The lowest BCUT2D eigenvalue weighted by molar-refractivity contribution is -0.0403. The Morgan fingerprint density at radius 3 is 2.62 bits per heavy atom. The summed E-state index contributed by atoms with van der Waals surface area (Å²) in [5, 5.41) is 2.80. The van der Waals surface area contributed by atoms with Gasteiger partial charge in [0.2, 0.25) is 0 Å². The molecule has 2 rings (SSSR count). The van der Waals surface area contributed by atoms with Crippen molar-refractivity contribution in [1.29, 1.82) is 0 Å². The smallest absolute Gasteiger partial charge is 0.407 e. The molecular weight excluding hydrogens is 268 g/mol. The monoisotopic (exact) mass is 292 g/mol. The molecule has 1 amide bonds. The second kappa shape index (κ2) is 7.43. The zero-order valence-corrected chi connectivity index (χ0v) is 12.5. The number of nitrogens with one attached hydrogen (secondary N) is 1. The van der Waals surface area contributed by atoms with Crippen LogP contribution in [0.1, 0.15) is 31.2 Å². The highest BCUT2D eigenvalue weighted by molar-refractivity contribution is 5.67.